The smallest absolute Gasteiger partial charge is 0.248 e. The predicted octanol–water partition coefficient (Wildman–Crippen LogP) is 7.41. The number of nitriles is 3. The van der Waals surface area contributed by atoms with Crippen molar-refractivity contribution in [3.63, 3.8) is 0 Å². The van der Waals surface area contributed by atoms with Gasteiger partial charge in [-0.25, -0.2) is 34.3 Å². The highest BCUT2D eigenvalue weighted by atomic mass is 19.1. The molecule has 9 aliphatic rings. The first kappa shape index (κ1) is 82.9. The first-order valence-electron chi connectivity index (χ1n) is 41.2. The Labute approximate surface area is 705 Å². The molecule has 33 heteroatoms. The third kappa shape index (κ3) is 19.8. The van der Waals surface area contributed by atoms with Crippen LogP contribution in [-0.4, -0.2) is 288 Å². The van der Waals surface area contributed by atoms with Gasteiger partial charge in [0.1, 0.15) is 91.0 Å². The number of fused-ring (bicyclic) bond motifs is 2. The zero-order valence-electron chi connectivity index (χ0n) is 67.3. The second-order valence-electron chi connectivity index (χ2n) is 31.2. The Kier molecular flexibility index (Phi) is 26.3. The summed E-state index contributed by atoms with van der Waals surface area (Å²) in [5.41, 5.74) is 9.25. The highest BCUT2D eigenvalue weighted by Gasteiger charge is 2.48. The Bertz CT molecular complexity index is 5290. The van der Waals surface area contributed by atoms with Crippen LogP contribution in [0.5, 0.6) is 17.2 Å². The largest absolute Gasteiger partial charge is 0.487 e. The lowest BCUT2D eigenvalue weighted by molar-refractivity contribution is -0.138. The molecule has 3 unspecified atom stereocenters. The number of aromatic nitrogens is 6. The molecule has 0 radical (unpaired) electrons. The molecule has 3 aromatic heterocycles. The molecule has 3 amide bonds. The molecular weight excluding hydrogens is 1560 g/mol. The number of hydrogen-bond donors (Lipinski definition) is 6. The number of carbonyl (C=O) groups excluding carboxylic acids is 3. The first-order chi connectivity index (χ1) is 59.7. The van der Waals surface area contributed by atoms with Gasteiger partial charge in [-0.05, 0) is 164 Å². The minimum atomic E-state index is -1.43. The number of alkyl halides is 1. The zero-order valence-corrected chi connectivity index (χ0v) is 67.3. The van der Waals surface area contributed by atoms with Gasteiger partial charge in [0, 0.05) is 154 Å². The van der Waals surface area contributed by atoms with Crippen molar-refractivity contribution in [2.24, 2.45) is 5.92 Å². The minimum Gasteiger partial charge on any atom is -0.487 e. The van der Waals surface area contributed by atoms with Gasteiger partial charge >= 0.3 is 0 Å². The fourth-order valence-electron chi connectivity index (χ4n) is 16.6. The maximum Gasteiger partial charge on any atom is 0.248 e. The number of benzene rings is 6. The summed E-state index contributed by atoms with van der Waals surface area (Å²) in [4.78, 5) is 79.3. The lowest BCUT2D eigenvalue weighted by atomic mass is 10.1. The van der Waals surface area contributed by atoms with Crippen molar-refractivity contribution in [2.45, 2.75) is 61.9 Å². The number of anilines is 9. The third-order valence-electron chi connectivity index (χ3n) is 23.5. The average Bonchev–Trinajstić information content (AvgIpc) is 1.62. The number of hydrogen-bond acceptors (Lipinski definition) is 29. The first-order valence-corrected chi connectivity index (χ1v) is 41.2. The molecule has 11 heterocycles. The summed E-state index contributed by atoms with van der Waals surface area (Å²) in [6.07, 6.45) is 4.56. The normalized spacial score (nSPS) is 20.8. The highest BCUT2D eigenvalue weighted by molar-refractivity contribution is 5.79. The lowest BCUT2D eigenvalue weighted by Crippen LogP contribution is -2.56. The molecule has 1 saturated carbocycles. The third-order valence-corrected chi connectivity index (χ3v) is 23.5. The van der Waals surface area contributed by atoms with Crippen LogP contribution < -0.4 is 44.9 Å². The molecule has 6 aromatic carbocycles. The molecule has 8 saturated heterocycles. The zero-order chi connectivity index (χ0) is 84.0. The monoisotopic (exact) mass is 1650 g/mol. The van der Waals surface area contributed by atoms with Crippen LogP contribution in [0, 0.1) is 39.9 Å². The molecule has 122 heavy (non-hydrogen) atoms. The second kappa shape index (κ2) is 38.8. The summed E-state index contributed by atoms with van der Waals surface area (Å²) in [6, 6.07) is 53.4. The van der Waals surface area contributed by atoms with E-state index in [9.17, 15) is 39.7 Å². The summed E-state index contributed by atoms with van der Waals surface area (Å²) in [5.74, 6) is 3.64. The van der Waals surface area contributed by atoms with E-state index in [1.165, 1.54) is 16.3 Å². The predicted molar refractivity (Wildman–Crippen MR) is 451 cm³/mol. The Hall–Kier alpha value is -12.8. The molecule has 18 rings (SSSR count). The number of halogens is 1. The Balaban J connectivity index is 0.000000136. The lowest BCUT2D eigenvalue weighted by Gasteiger charge is -2.43. The van der Waals surface area contributed by atoms with Crippen molar-refractivity contribution in [3.8, 4) is 69.6 Å². The Morgan fingerprint density at radius 2 is 0.852 bits per heavy atom. The van der Waals surface area contributed by atoms with E-state index in [-0.39, 0.29) is 54.5 Å². The van der Waals surface area contributed by atoms with E-state index < -0.39 is 38.0 Å². The van der Waals surface area contributed by atoms with Crippen molar-refractivity contribution in [3.05, 3.63) is 181 Å². The van der Waals surface area contributed by atoms with Gasteiger partial charge in [0.05, 0.1) is 94.1 Å². The number of rotatable bonds is 23. The van der Waals surface area contributed by atoms with Crippen molar-refractivity contribution in [1.82, 2.24) is 54.4 Å². The fraction of sp³-hybridized carbons (Fsp3) is 0.393. The van der Waals surface area contributed by atoms with Crippen LogP contribution in [0.15, 0.2) is 164 Å². The number of aliphatic hydroxyl groups is 3. The maximum atomic E-state index is 14.5. The molecule has 2 bridgehead atoms. The van der Waals surface area contributed by atoms with Crippen LogP contribution in [0.25, 0.3) is 34.2 Å². The van der Waals surface area contributed by atoms with Gasteiger partial charge in [-0.15, -0.1) is 0 Å². The minimum absolute atomic E-state index is 0.00211. The van der Waals surface area contributed by atoms with Gasteiger partial charge in [-0.1, -0.05) is 0 Å². The van der Waals surface area contributed by atoms with Gasteiger partial charge in [0.2, 0.25) is 17.7 Å². The number of aliphatic hydroxyl groups excluding tert-OH is 3. The van der Waals surface area contributed by atoms with Crippen molar-refractivity contribution in [2.75, 3.05) is 188 Å². The number of likely N-dealkylation sites (tertiary alicyclic amines) is 3. The van der Waals surface area contributed by atoms with Crippen molar-refractivity contribution in [1.29, 1.82) is 15.8 Å². The van der Waals surface area contributed by atoms with E-state index in [0.717, 1.165) is 141 Å². The van der Waals surface area contributed by atoms with E-state index in [2.05, 4.69) is 132 Å². The summed E-state index contributed by atoms with van der Waals surface area (Å²) >= 11 is 0. The van der Waals surface area contributed by atoms with Crippen LogP contribution in [0.2, 0.25) is 0 Å². The number of piperidine rings is 1. The van der Waals surface area contributed by atoms with E-state index in [4.69, 9.17) is 43.6 Å². The molecular formula is C89H95FN20O12. The topological polar surface area (TPSA) is 378 Å². The number of nitrogens with zero attached hydrogens (tertiary/aromatic N) is 17. The Morgan fingerprint density at radius 3 is 1.25 bits per heavy atom. The van der Waals surface area contributed by atoms with Gasteiger partial charge in [0.15, 0.2) is 23.6 Å². The average molecular weight is 1660 g/mol. The standard InChI is InChI=1S/C32H35N7O4.C30H32FN7O4.C27H28N6O4/c33-16-23-15-22(1-6-28(23)43-29-14-21-13-27(29)39(17-21)31(41)18-40)32-34-8-7-30(36-32)35-24-2-4-25(5-3-24)37-9-11-38(12-10-37)26-19-42-20-26;31-25-15-38(29(40)17-39)16-27(25)42-26-6-1-20(13-21(26)14-32)30-33-8-7-28(35-30)34-22-2-4-23(5-3-22)36-9-11-37(12-10-36)24-18-41-19-24;28-16-20-15-19(1-6-24(20)37-23-8-10-33(17-23)26(35)18-34)27-29-9-7-25(31-27)30-21-2-4-22(5-3-21)32-11-13-36-14-12-32/h1-8,15,21,26-27,29,40H,9-14,17-20H2,(H,34,35,36);1-8,13,24-25,27,39H,9-12,15-19H2,(H,33,34,35);1-7,9,15,23,34H,8,10-14,17-18H2,(H,29,30,31)/t;25-,27+;23-/m.01/s1. The number of piperazine rings is 2. The van der Waals surface area contributed by atoms with Crippen molar-refractivity contribution >= 4 is 69.3 Å². The maximum absolute atomic E-state index is 14.5. The quantitative estimate of drug-likeness (QED) is 0.0363. The number of morpholine rings is 1. The molecule has 9 fully saturated rings. The number of nitrogens with one attached hydrogen (secondary N) is 3. The molecule has 1 aliphatic carbocycles. The van der Waals surface area contributed by atoms with Crippen LogP contribution in [0.3, 0.4) is 0 Å². The summed E-state index contributed by atoms with van der Waals surface area (Å²) in [6.45, 7) is 14.6. The molecule has 32 nitrogen and oxygen atoms in total. The SMILES string of the molecule is N#Cc1cc(-c2nccc(Nc3ccc(N4CCN(C5COC5)CC4)cc3)n2)ccc1OC1CC2CC1N(C(=O)CO)C2.N#Cc1cc(-c2nccc(Nc3ccc(N4CCN(C5COC5)CC4)cc3)n2)ccc1O[C@@H]1CN(C(=O)CO)C[C@@H]1F.N#Cc1cc(-c2nccc(Nc3ccc(N4CCOCC4)cc3)n2)ccc1O[C@@H]1CCN(C(=O)CO)C1. The van der Waals surface area contributed by atoms with E-state index in [1.807, 2.05) is 42.5 Å². The van der Waals surface area contributed by atoms with E-state index in [0.29, 0.717) is 118 Å². The number of amides is 3. The van der Waals surface area contributed by atoms with Crippen LogP contribution in [-0.2, 0) is 28.6 Å². The van der Waals surface area contributed by atoms with Crippen LogP contribution in [0.1, 0.15) is 36.0 Å². The summed E-state index contributed by atoms with van der Waals surface area (Å²) < 4.78 is 48.6. The summed E-state index contributed by atoms with van der Waals surface area (Å²) in [7, 11) is 0. The molecule has 630 valence electrons. The molecule has 9 aromatic rings. The Morgan fingerprint density at radius 1 is 0.443 bits per heavy atom. The van der Waals surface area contributed by atoms with E-state index >= 15 is 0 Å². The van der Waals surface area contributed by atoms with Gasteiger partial charge < -0.3 is 89.1 Å². The molecule has 6 N–H and O–H groups in total. The molecule has 6 atom stereocenters. The second-order valence-corrected chi connectivity index (χ2v) is 31.2. The number of ether oxygens (including phenoxy) is 6. The number of carbonyl (C=O) groups is 3. The molecule has 8 aliphatic heterocycles. The van der Waals surface area contributed by atoms with Crippen LogP contribution >= 0.6 is 0 Å². The van der Waals surface area contributed by atoms with Gasteiger partial charge in [-0.3, -0.25) is 24.2 Å². The van der Waals surface area contributed by atoms with Gasteiger partial charge in [0.25, 0.3) is 0 Å². The fourth-order valence-corrected chi connectivity index (χ4v) is 16.6. The summed E-state index contributed by atoms with van der Waals surface area (Å²) in [5, 5.41) is 66.8. The van der Waals surface area contributed by atoms with E-state index in [1.54, 1.807) is 83.0 Å². The molecule has 0 spiro atoms. The highest BCUT2D eigenvalue weighted by Crippen LogP contribution is 2.42. The van der Waals surface area contributed by atoms with Crippen LogP contribution in [0.4, 0.5) is 56.0 Å². The van der Waals surface area contributed by atoms with Crippen molar-refractivity contribution < 1.29 is 62.5 Å². The van der Waals surface area contributed by atoms with Gasteiger partial charge in [-0.2, -0.15) is 15.8 Å².